The van der Waals surface area contributed by atoms with Gasteiger partial charge >= 0.3 is 0 Å². The summed E-state index contributed by atoms with van der Waals surface area (Å²) >= 11 is 0. The number of nitrogens with one attached hydrogen (secondary N) is 2. The van der Waals surface area contributed by atoms with Gasteiger partial charge in [-0.15, -0.1) is 0 Å². The summed E-state index contributed by atoms with van der Waals surface area (Å²) in [5, 5.41) is 6.31. The average molecular weight is 168 g/mol. The van der Waals surface area contributed by atoms with Crippen LogP contribution in [0.5, 0.6) is 0 Å². The Bertz CT molecular complexity index is 177. The van der Waals surface area contributed by atoms with Crippen molar-refractivity contribution in [2.45, 2.75) is 37.6 Å². The van der Waals surface area contributed by atoms with E-state index in [1.807, 2.05) is 0 Å². The zero-order chi connectivity index (χ0) is 8.44. The number of hydrogen-bond acceptors (Lipinski definition) is 2. The van der Waals surface area contributed by atoms with Crippen LogP contribution in [0.15, 0.2) is 0 Å². The highest BCUT2D eigenvalue weighted by Gasteiger charge is 2.40. The van der Waals surface area contributed by atoms with Crippen molar-refractivity contribution in [3.8, 4) is 0 Å². The molecule has 68 valence electrons. The quantitative estimate of drug-likeness (QED) is 0.550. The van der Waals surface area contributed by atoms with Crippen molar-refractivity contribution in [1.82, 2.24) is 10.6 Å². The van der Waals surface area contributed by atoms with E-state index >= 15 is 0 Å². The fraction of sp³-hybridized carbons (Fsp3) is 0.889. The smallest absolute Gasteiger partial charge is 0.240 e. The first-order valence-corrected chi connectivity index (χ1v) is 4.87. The van der Waals surface area contributed by atoms with E-state index in [1.54, 1.807) is 0 Å². The minimum Gasteiger partial charge on any atom is -0.354 e. The van der Waals surface area contributed by atoms with Gasteiger partial charge in [0.2, 0.25) is 5.91 Å². The maximum Gasteiger partial charge on any atom is 0.240 e. The van der Waals surface area contributed by atoms with Gasteiger partial charge in [-0.3, -0.25) is 4.79 Å². The molecule has 0 aliphatic carbocycles. The second kappa shape index (κ2) is 3.05. The molecule has 0 radical (unpaired) electrons. The molecule has 1 atom stereocenters. The first-order valence-electron chi connectivity index (χ1n) is 4.87. The Hall–Kier alpha value is -0.570. The predicted molar refractivity (Wildman–Crippen MR) is 46.8 cm³/mol. The molecule has 0 saturated carbocycles. The van der Waals surface area contributed by atoms with Crippen molar-refractivity contribution in [2.75, 3.05) is 13.1 Å². The van der Waals surface area contributed by atoms with Gasteiger partial charge in [0.1, 0.15) is 0 Å². The van der Waals surface area contributed by atoms with E-state index in [2.05, 4.69) is 10.6 Å². The van der Waals surface area contributed by atoms with E-state index in [1.165, 1.54) is 12.8 Å². The molecule has 2 heterocycles. The van der Waals surface area contributed by atoms with E-state index in [4.69, 9.17) is 0 Å². The Labute approximate surface area is 72.9 Å². The number of hydrogen-bond donors (Lipinski definition) is 2. The van der Waals surface area contributed by atoms with Gasteiger partial charge in [0.25, 0.3) is 0 Å². The van der Waals surface area contributed by atoms with Gasteiger partial charge in [0.15, 0.2) is 0 Å². The molecule has 0 bridgehead atoms. The summed E-state index contributed by atoms with van der Waals surface area (Å²) in [6.07, 6.45) is 5.59. The molecule has 2 saturated heterocycles. The Morgan fingerprint density at radius 3 is 2.58 bits per heavy atom. The summed E-state index contributed by atoms with van der Waals surface area (Å²) in [6, 6.07) is 0. The zero-order valence-corrected chi connectivity index (χ0v) is 7.36. The van der Waals surface area contributed by atoms with Crippen LogP contribution in [0.2, 0.25) is 0 Å². The van der Waals surface area contributed by atoms with Crippen LogP contribution in [-0.4, -0.2) is 24.5 Å². The summed E-state index contributed by atoms with van der Waals surface area (Å²) in [6.45, 7) is 1.87. The van der Waals surface area contributed by atoms with E-state index < -0.39 is 0 Å². The Balaban J connectivity index is 2.09. The van der Waals surface area contributed by atoms with Gasteiger partial charge in [0.05, 0.1) is 5.54 Å². The molecule has 2 aliphatic rings. The minimum absolute atomic E-state index is 0.184. The number of piperidine rings is 2. The first kappa shape index (κ1) is 8.05. The van der Waals surface area contributed by atoms with Gasteiger partial charge in [-0.25, -0.2) is 0 Å². The molecule has 0 aromatic heterocycles. The van der Waals surface area contributed by atoms with Crippen LogP contribution in [0.25, 0.3) is 0 Å². The molecule has 0 aromatic carbocycles. The second-order valence-electron chi connectivity index (χ2n) is 3.83. The van der Waals surface area contributed by atoms with Crippen molar-refractivity contribution in [1.29, 1.82) is 0 Å². The van der Waals surface area contributed by atoms with Gasteiger partial charge in [0, 0.05) is 6.54 Å². The molecule has 1 unspecified atom stereocenters. The lowest BCUT2D eigenvalue weighted by Gasteiger charge is -2.39. The molecule has 3 heteroatoms. The first-order chi connectivity index (χ1) is 5.83. The minimum atomic E-state index is -0.184. The summed E-state index contributed by atoms with van der Waals surface area (Å²) in [5.41, 5.74) is -0.184. The Morgan fingerprint density at radius 1 is 1.08 bits per heavy atom. The summed E-state index contributed by atoms with van der Waals surface area (Å²) in [7, 11) is 0. The van der Waals surface area contributed by atoms with E-state index in [0.29, 0.717) is 0 Å². The Morgan fingerprint density at radius 2 is 1.92 bits per heavy atom. The highest BCUT2D eigenvalue weighted by molar-refractivity contribution is 5.87. The van der Waals surface area contributed by atoms with Crippen LogP contribution in [0, 0.1) is 0 Å². The van der Waals surface area contributed by atoms with Gasteiger partial charge in [-0.2, -0.15) is 0 Å². The van der Waals surface area contributed by atoms with Gasteiger partial charge < -0.3 is 10.6 Å². The number of rotatable bonds is 0. The predicted octanol–water partition coefficient (Wildman–Crippen LogP) is 0.409. The van der Waals surface area contributed by atoms with E-state index in [-0.39, 0.29) is 11.4 Å². The van der Waals surface area contributed by atoms with Crippen molar-refractivity contribution >= 4 is 5.91 Å². The lowest BCUT2D eigenvalue weighted by molar-refractivity contribution is -0.130. The molecule has 12 heavy (non-hydrogen) atoms. The maximum atomic E-state index is 11.6. The van der Waals surface area contributed by atoms with E-state index in [9.17, 15) is 4.79 Å². The third-order valence-corrected chi connectivity index (χ3v) is 2.99. The molecule has 1 spiro atoms. The van der Waals surface area contributed by atoms with Crippen LogP contribution in [0.3, 0.4) is 0 Å². The van der Waals surface area contributed by atoms with Crippen LogP contribution in [0.4, 0.5) is 0 Å². The highest BCUT2D eigenvalue weighted by Crippen LogP contribution is 2.26. The second-order valence-corrected chi connectivity index (χ2v) is 3.83. The average Bonchev–Trinajstić information content (AvgIpc) is 2.12. The fourth-order valence-electron chi connectivity index (χ4n) is 2.25. The monoisotopic (exact) mass is 168 g/mol. The molecule has 2 rings (SSSR count). The normalized spacial score (nSPS) is 36.5. The van der Waals surface area contributed by atoms with Crippen molar-refractivity contribution in [3.63, 3.8) is 0 Å². The molecular formula is C9H16N2O. The third kappa shape index (κ3) is 1.22. The van der Waals surface area contributed by atoms with Gasteiger partial charge in [-0.05, 0) is 38.6 Å². The van der Waals surface area contributed by atoms with E-state index in [0.717, 1.165) is 32.4 Å². The molecule has 1 amide bonds. The molecule has 2 aliphatic heterocycles. The van der Waals surface area contributed by atoms with Crippen LogP contribution >= 0.6 is 0 Å². The van der Waals surface area contributed by atoms with Crippen molar-refractivity contribution < 1.29 is 4.79 Å². The summed E-state index contributed by atoms with van der Waals surface area (Å²) in [4.78, 5) is 11.6. The van der Waals surface area contributed by atoms with Crippen molar-refractivity contribution in [3.05, 3.63) is 0 Å². The lowest BCUT2D eigenvalue weighted by atomic mass is 9.82. The molecule has 3 nitrogen and oxygen atoms in total. The van der Waals surface area contributed by atoms with Crippen LogP contribution in [-0.2, 0) is 4.79 Å². The Kier molecular flexibility index (Phi) is 2.05. The largest absolute Gasteiger partial charge is 0.354 e. The van der Waals surface area contributed by atoms with Crippen LogP contribution < -0.4 is 10.6 Å². The SMILES string of the molecule is O=C1NCCCC12CCCCN2. The summed E-state index contributed by atoms with van der Waals surface area (Å²) in [5.74, 6) is 0.230. The maximum absolute atomic E-state index is 11.6. The fourth-order valence-corrected chi connectivity index (χ4v) is 2.25. The standard InChI is InChI=1S/C9H16N2O/c12-8-9(5-3-6-10-8)4-1-2-7-11-9/h11H,1-7H2,(H,10,12). The zero-order valence-electron chi connectivity index (χ0n) is 7.36. The van der Waals surface area contributed by atoms with Gasteiger partial charge in [-0.1, -0.05) is 0 Å². The lowest BCUT2D eigenvalue weighted by Crippen LogP contribution is -2.61. The molecule has 2 N–H and O–H groups in total. The topological polar surface area (TPSA) is 41.1 Å². The number of carbonyl (C=O) groups excluding carboxylic acids is 1. The highest BCUT2D eigenvalue weighted by atomic mass is 16.2. The van der Waals surface area contributed by atoms with Crippen molar-refractivity contribution in [2.24, 2.45) is 0 Å². The number of carbonyl (C=O) groups is 1. The molecular weight excluding hydrogens is 152 g/mol. The molecule has 0 aromatic rings. The number of amides is 1. The summed E-state index contributed by atoms with van der Waals surface area (Å²) < 4.78 is 0. The van der Waals surface area contributed by atoms with Crippen LogP contribution in [0.1, 0.15) is 32.1 Å². The molecule has 2 fully saturated rings. The third-order valence-electron chi connectivity index (χ3n) is 2.99.